The topological polar surface area (TPSA) is 84.0 Å². The Hall–Kier alpha value is -3.96. The number of ether oxygens (including phenoxy) is 2. The highest BCUT2D eigenvalue weighted by Gasteiger charge is 2.59. The van der Waals surface area contributed by atoms with E-state index in [2.05, 4.69) is 27.0 Å². The minimum absolute atomic E-state index is 0.0223. The van der Waals surface area contributed by atoms with Gasteiger partial charge in [-0.2, -0.15) is 13.2 Å². The summed E-state index contributed by atoms with van der Waals surface area (Å²) in [6.45, 7) is 6.47. The predicted octanol–water partition coefficient (Wildman–Crippen LogP) is 6.05. The molecule has 0 radical (unpaired) electrons. The number of piperazine rings is 1. The molecule has 11 heteroatoms. The average molecular weight is 621 g/mol. The van der Waals surface area contributed by atoms with Crippen molar-refractivity contribution < 1.29 is 32.2 Å². The van der Waals surface area contributed by atoms with Gasteiger partial charge in [-0.15, -0.1) is 0 Å². The van der Waals surface area contributed by atoms with Crippen LogP contribution in [0.2, 0.25) is 0 Å². The molecule has 3 atom stereocenters. The molecule has 8 nitrogen and oxygen atoms in total. The molecule has 2 aromatic carbocycles. The van der Waals surface area contributed by atoms with Gasteiger partial charge < -0.3 is 19.7 Å². The third kappa shape index (κ3) is 6.03. The van der Waals surface area contributed by atoms with Gasteiger partial charge in [0.25, 0.3) is 0 Å². The van der Waals surface area contributed by atoms with E-state index in [0.29, 0.717) is 30.2 Å². The first-order valence-electron chi connectivity index (χ1n) is 15.6. The maximum Gasteiger partial charge on any atom is 0.416 e. The summed E-state index contributed by atoms with van der Waals surface area (Å²) in [4.78, 5) is 33.7. The SMILES string of the molecule is CCCN1CCN(Cc2ccc(C(=O)C[C@@H]3[C@H]4Oc5ccc(Oc6ccnc7c6CCC(=O)N7)cc5[C@@H]34)cc2C(F)(F)F)CC1. The highest BCUT2D eigenvalue weighted by atomic mass is 19.4. The average Bonchev–Trinajstić information content (AvgIpc) is 3.53. The van der Waals surface area contributed by atoms with E-state index in [-0.39, 0.29) is 53.7 Å². The Bertz CT molecular complexity index is 1640. The first kappa shape index (κ1) is 29.7. The Balaban J connectivity index is 1.02. The van der Waals surface area contributed by atoms with E-state index >= 15 is 0 Å². The number of fused-ring (bicyclic) bond motifs is 4. The summed E-state index contributed by atoms with van der Waals surface area (Å²) in [7, 11) is 0. The van der Waals surface area contributed by atoms with Gasteiger partial charge in [0.2, 0.25) is 5.91 Å². The number of hydrogen-bond donors (Lipinski definition) is 1. The van der Waals surface area contributed by atoms with Crippen molar-refractivity contribution >= 4 is 17.5 Å². The van der Waals surface area contributed by atoms with Crippen molar-refractivity contribution in [3.63, 3.8) is 0 Å². The number of nitrogens with one attached hydrogen (secondary N) is 1. The fourth-order valence-corrected chi connectivity index (χ4v) is 6.95. The van der Waals surface area contributed by atoms with Crippen LogP contribution >= 0.6 is 0 Å². The predicted molar refractivity (Wildman–Crippen MR) is 161 cm³/mol. The van der Waals surface area contributed by atoms with Crippen LogP contribution in [-0.2, 0) is 23.9 Å². The fraction of sp³-hybridized carbons (Fsp3) is 0.441. The second-order valence-corrected chi connectivity index (χ2v) is 12.4. The smallest absolute Gasteiger partial charge is 0.416 e. The molecule has 4 heterocycles. The Morgan fingerprint density at radius 2 is 1.87 bits per heavy atom. The number of carbonyl (C=O) groups excluding carboxylic acids is 2. The lowest BCUT2D eigenvalue weighted by atomic mass is 9.97. The molecule has 1 saturated heterocycles. The Morgan fingerprint density at radius 3 is 2.64 bits per heavy atom. The van der Waals surface area contributed by atoms with Crippen molar-refractivity contribution in [2.45, 2.75) is 57.3 Å². The van der Waals surface area contributed by atoms with Gasteiger partial charge in [-0.3, -0.25) is 14.5 Å². The molecule has 7 rings (SSSR count). The van der Waals surface area contributed by atoms with Crippen molar-refractivity contribution in [1.82, 2.24) is 14.8 Å². The Labute approximate surface area is 259 Å². The molecule has 0 bridgehead atoms. The molecule has 1 aliphatic carbocycles. The first-order chi connectivity index (χ1) is 21.7. The number of halogens is 3. The van der Waals surface area contributed by atoms with Crippen molar-refractivity contribution in [3.05, 3.63) is 76.5 Å². The molecule has 1 amide bonds. The molecule has 1 N–H and O–H groups in total. The molecule has 4 aliphatic rings. The Kier molecular flexibility index (Phi) is 7.77. The molecule has 45 heavy (non-hydrogen) atoms. The van der Waals surface area contributed by atoms with Crippen molar-refractivity contribution in [2.75, 3.05) is 38.0 Å². The second-order valence-electron chi connectivity index (χ2n) is 12.4. The molecule has 1 saturated carbocycles. The van der Waals surface area contributed by atoms with E-state index in [1.807, 2.05) is 18.2 Å². The number of aromatic nitrogens is 1. The molecule has 2 fully saturated rings. The quantitative estimate of drug-likeness (QED) is 0.292. The Morgan fingerprint density at radius 1 is 1.07 bits per heavy atom. The number of anilines is 1. The van der Waals surface area contributed by atoms with E-state index in [9.17, 15) is 22.8 Å². The summed E-state index contributed by atoms with van der Waals surface area (Å²) in [6.07, 6.45) is -1.11. The number of hydrogen-bond acceptors (Lipinski definition) is 7. The number of nitrogens with zero attached hydrogens (tertiary/aromatic N) is 3. The first-order valence-corrected chi connectivity index (χ1v) is 15.6. The van der Waals surface area contributed by atoms with Crippen LogP contribution in [0.4, 0.5) is 19.0 Å². The normalized spacial score (nSPS) is 22.6. The lowest BCUT2D eigenvalue weighted by Crippen LogP contribution is -2.46. The maximum absolute atomic E-state index is 14.1. The second kappa shape index (κ2) is 11.8. The zero-order chi connectivity index (χ0) is 31.3. The standard InChI is InChI=1S/C34H35F3N4O4/c1-2-11-40-12-14-41(15-13-40)19-21-4-3-20(16-26(21)34(35,36)37)27(42)18-25-31-24-17-22(5-7-28(24)45-32(25)31)44-29-9-10-38-33-23(29)6-8-30(43)39-33/h3-5,7,9-10,16-17,25,31-32H,2,6,8,11-15,18-19H2,1H3,(H,38,39,43)/t25-,31-,32+/m0/s1. The van der Waals surface area contributed by atoms with Crippen molar-refractivity contribution in [3.8, 4) is 17.2 Å². The van der Waals surface area contributed by atoms with Crippen LogP contribution in [0.15, 0.2) is 48.7 Å². The van der Waals surface area contributed by atoms with Crippen LogP contribution in [0.5, 0.6) is 17.2 Å². The number of carbonyl (C=O) groups is 2. The molecule has 1 aromatic heterocycles. The van der Waals surface area contributed by atoms with Crippen LogP contribution < -0.4 is 14.8 Å². The molecule has 3 aromatic rings. The van der Waals surface area contributed by atoms with Crippen LogP contribution in [0.25, 0.3) is 0 Å². The number of benzene rings is 2. The van der Waals surface area contributed by atoms with Gasteiger partial charge in [0.1, 0.15) is 29.2 Å². The molecular formula is C34H35F3N4O4. The van der Waals surface area contributed by atoms with Gasteiger partial charge >= 0.3 is 6.18 Å². The number of ketones is 1. The summed E-state index contributed by atoms with van der Waals surface area (Å²) in [6, 6.07) is 11.3. The van der Waals surface area contributed by atoms with Crippen molar-refractivity contribution in [2.24, 2.45) is 5.92 Å². The van der Waals surface area contributed by atoms with Crippen LogP contribution in [-0.4, -0.2) is 65.3 Å². The maximum atomic E-state index is 14.1. The van der Waals surface area contributed by atoms with E-state index in [1.54, 1.807) is 12.3 Å². The number of pyridine rings is 1. The van der Waals surface area contributed by atoms with Gasteiger partial charge in [0, 0.05) is 80.3 Å². The minimum Gasteiger partial charge on any atom is -0.489 e. The molecule has 3 aliphatic heterocycles. The summed E-state index contributed by atoms with van der Waals surface area (Å²) < 4.78 is 54.7. The zero-order valence-electron chi connectivity index (χ0n) is 25.0. The largest absolute Gasteiger partial charge is 0.489 e. The molecule has 236 valence electrons. The van der Waals surface area contributed by atoms with Gasteiger partial charge in [0.05, 0.1) is 5.56 Å². The van der Waals surface area contributed by atoms with Crippen LogP contribution in [0.1, 0.15) is 64.7 Å². The molecule has 0 unspecified atom stereocenters. The lowest BCUT2D eigenvalue weighted by Gasteiger charge is -2.35. The number of rotatable bonds is 9. The molecular weight excluding hydrogens is 585 g/mol. The van der Waals surface area contributed by atoms with Crippen LogP contribution in [0, 0.1) is 5.92 Å². The zero-order valence-corrected chi connectivity index (χ0v) is 25.0. The highest BCUT2D eigenvalue weighted by molar-refractivity contribution is 5.97. The van der Waals surface area contributed by atoms with Gasteiger partial charge in [0.15, 0.2) is 5.78 Å². The third-order valence-corrected chi connectivity index (χ3v) is 9.36. The lowest BCUT2D eigenvalue weighted by molar-refractivity contribution is -0.138. The van der Waals surface area contributed by atoms with Crippen LogP contribution in [0.3, 0.4) is 0 Å². The minimum atomic E-state index is -4.55. The van der Waals surface area contributed by atoms with E-state index in [0.717, 1.165) is 62.1 Å². The van der Waals surface area contributed by atoms with E-state index in [1.165, 1.54) is 12.1 Å². The summed E-state index contributed by atoms with van der Waals surface area (Å²) in [5, 5.41) is 2.77. The van der Waals surface area contributed by atoms with Crippen molar-refractivity contribution in [1.29, 1.82) is 0 Å². The fourth-order valence-electron chi connectivity index (χ4n) is 6.95. The molecule has 0 spiro atoms. The van der Waals surface area contributed by atoms with Gasteiger partial charge in [-0.25, -0.2) is 4.98 Å². The van der Waals surface area contributed by atoms with E-state index < -0.39 is 11.7 Å². The third-order valence-electron chi connectivity index (χ3n) is 9.36. The summed E-state index contributed by atoms with van der Waals surface area (Å²) >= 11 is 0. The number of amides is 1. The van der Waals surface area contributed by atoms with E-state index in [4.69, 9.17) is 9.47 Å². The number of Topliss-reactive ketones (excluding diaryl/α,β-unsaturated/α-hetero) is 1. The monoisotopic (exact) mass is 620 g/mol. The highest BCUT2D eigenvalue weighted by Crippen LogP contribution is 2.60. The van der Waals surface area contributed by atoms with Gasteiger partial charge in [-0.1, -0.05) is 19.1 Å². The van der Waals surface area contributed by atoms with Gasteiger partial charge in [-0.05, 0) is 55.3 Å². The summed E-state index contributed by atoms with van der Waals surface area (Å²) in [5.41, 5.74) is 1.31. The number of alkyl halides is 3. The summed E-state index contributed by atoms with van der Waals surface area (Å²) in [5.74, 6) is 1.90.